The van der Waals surface area contributed by atoms with Gasteiger partial charge in [-0.1, -0.05) is 12.8 Å². The largest absolute Gasteiger partial charge is 0.396 e. The molecule has 0 spiro atoms. The Balaban J connectivity index is 1.39. The smallest absolute Gasteiger partial charge is 0.225 e. The lowest BCUT2D eigenvalue weighted by Crippen LogP contribution is -2.38. The van der Waals surface area contributed by atoms with E-state index in [-0.39, 0.29) is 18.8 Å². The lowest BCUT2D eigenvalue weighted by atomic mass is 9.92. The van der Waals surface area contributed by atoms with Gasteiger partial charge in [0.2, 0.25) is 5.95 Å². The zero-order chi connectivity index (χ0) is 26.4. The lowest BCUT2D eigenvalue weighted by Gasteiger charge is -2.31. The number of aromatic nitrogens is 4. The number of nitrogens with one attached hydrogen (secondary N) is 2. The van der Waals surface area contributed by atoms with Crippen LogP contribution in [0.3, 0.4) is 0 Å². The van der Waals surface area contributed by atoms with Crippen LogP contribution in [0.1, 0.15) is 62.3 Å². The van der Waals surface area contributed by atoms with Crippen LogP contribution in [0.2, 0.25) is 0 Å². The second kappa shape index (κ2) is 10.6. The average molecular weight is 541 g/mol. The Kier molecular flexibility index (Phi) is 7.21. The number of thiazole rings is 1. The number of pyridine rings is 1. The van der Waals surface area contributed by atoms with Gasteiger partial charge in [-0.3, -0.25) is 4.98 Å². The standard InChI is InChI=1S/C27H36N6O4S/c1-13-20(26-32-22-19(38-26)9-10-28-21(22)14-7-8-14)25(30-17-11-15(12-34)23(35)24(17)36)33-27(29-13)31-16-5-3-4-6-18(16)37-2/h9-10,14-18,23-24,34-36H,3-8,11-12H2,1-2H3,(H2,29,30,31,33)/t15-,16+,17-,18+,23-,24+/m1/s1. The molecule has 10 nitrogen and oxygen atoms in total. The second-order valence-electron chi connectivity index (χ2n) is 10.9. The Morgan fingerprint density at radius 2 is 1.84 bits per heavy atom. The summed E-state index contributed by atoms with van der Waals surface area (Å²) < 4.78 is 6.80. The maximum absolute atomic E-state index is 10.7. The molecule has 0 bridgehead atoms. The third-order valence-electron chi connectivity index (χ3n) is 8.28. The van der Waals surface area contributed by atoms with Crippen molar-refractivity contribution in [3.05, 3.63) is 23.7 Å². The highest BCUT2D eigenvalue weighted by Crippen LogP contribution is 2.44. The van der Waals surface area contributed by atoms with E-state index in [1.165, 1.54) is 0 Å². The molecule has 3 aromatic heterocycles. The summed E-state index contributed by atoms with van der Waals surface area (Å²) in [6, 6.07) is 1.64. The first kappa shape index (κ1) is 25.8. The van der Waals surface area contributed by atoms with Gasteiger partial charge in [0.15, 0.2) is 0 Å². The molecule has 3 aromatic rings. The molecule has 0 aromatic carbocycles. The van der Waals surface area contributed by atoms with E-state index in [2.05, 4.69) is 15.6 Å². The van der Waals surface area contributed by atoms with Gasteiger partial charge in [0, 0.05) is 31.7 Å². The van der Waals surface area contributed by atoms with Crippen molar-refractivity contribution in [1.82, 2.24) is 19.9 Å². The van der Waals surface area contributed by atoms with E-state index in [1.54, 1.807) is 18.4 Å². The summed E-state index contributed by atoms with van der Waals surface area (Å²) >= 11 is 1.58. The van der Waals surface area contributed by atoms with Gasteiger partial charge < -0.3 is 30.7 Å². The summed E-state index contributed by atoms with van der Waals surface area (Å²) in [5.41, 5.74) is 3.53. The van der Waals surface area contributed by atoms with E-state index < -0.39 is 24.2 Å². The molecule has 3 saturated carbocycles. The van der Waals surface area contributed by atoms with E-state index in [0.29, 0.717) is 24.1 Å². The molecule has 11 heteroatoms. The molecule has 38 heavy (non-hydrogen) atoms. The number of methoxy groups -OCH3 is 1. The van der Waals surface area contributed by atoms with Crippen LogP contribution >= 0.6 is 11.3 Å². The molecule has 6 rings (SSSR count). The topological polar surface area (TPSA) is 146 Å². The van der Waals surface area contributed by atoms with E-state index >= 15 is 0 Å². The molecule has 0 amide bonds. The minimum absolute atomic E-state index is 0.0958. The van der Waals surface area contributed by atoms with Gasteiger partial charge in [0.1, 0.15) is 22.4 Å². The quantitative estimate of drug-likeness (QED) is 0.289. The maximum atomic E-state index is 10.7. The molecule has 3 heterocycles. The molecule has 0 unspecified atom stereocenters. The fraction of sp³-hybridized carbons (Fsp3) is 0.630. The van der Waals surface area contributed by atoms with Crippen molar-refractivity contribution in [3.63, 3.8) is 0 Å². The van der Waals surface area contributed by atoms with Crippen molar-refractivity contribution >= 4 is 33.3 Å². The monoisotopic (exact) mass is 540 g/mol. The van der Waals surface area contributed by atoms with Crippen LogP contribution in [0, 0.1) is 12.8 Å². The van der Waals surface area contributed by atoms with Crippen LogP contribution < -0.4 is 10.6 Å². The summed E-state index contributed by atoms with van der Waals surface area (Å²) in [4.78, 5) is 19.4. The van der Waals surface area contributed by atoms with E-state index in [9.17, 15) is 15.3 Å². The number of ether oxygens (including phenoxy) is 1. The number of aryl methyl sites for hydroxylation is 1. The Morgan fingerprint density at radius 1 is 1.03 bits per heavy atom. The summed E-state index contributed by atoms with van der Waals surface area (Å²) in [6.07, 6.45) is 6.88. The maximum Gasteiger partial charge on any atom is 0.225 e. The Morgan fingerprint density at radius 3 is 2.58 bits per heavy atom. The third-order valence-corrected chi connectivity index (χ3v) is 9.32. The lowest BCUT2D eigenvalue weighted by molar-refractivity contribution is 0.00446. The van der Waals surface area contributed by atoms with Crippen molar-refractivity contribution < 1.29 is 20.1 Å². The number of aliphatic hydroxyl groups is 3. The van der Waals surface area contributed by atoms with E-state index in [0.717, 1.165) is 70.7 Å². The first-order valence-corrected chi connectivity index (χ1v) is 14.5. The third kappa shape index (κ3) is 4.86. The number of rotatable bonds is 8. The van der Waals surface area contributed by atoms with Gasteiger partial charge in [-0.2, -0.15) is 4.98 Å². The molecular formula is C27H36N6O4S. The first-order valence-electron chi connectivity index (χ1n) is 13.6. The minimum Gasteiger partial charge on any atom is -0.396 e. The Hall–Kier alpha value is -2.44. The number of hydrogen-bond donors (Lipinski definition) is 5. The molecule has 0 radical (unpaired) electrons. The van der Waals surface area contributed by atoms with Gasteiger partial charge in [-0.15, -0.1) is 11.3 Å². The molecule has 5 N–H and O–H groups in total. The van der Waals surface area contributed by atoms with Gasteiger partial charge >= 0.3 is 0 Å². The Bertz CT molecular complexity index is 1300. The fourth-order valence-corrected chi connectivity index (χ4v) is 7.04. The molecule has 3 aliphatic rings. The average Bonchev–Trinajstić information content (AvgIpc) is 3.62. The molecular weight excluding hydrogens is 504 g/mol. The Labute approximate surface area is 225 Å². The van der Waals surface area contributed by atoms with E-state index in [1.807, 2.05) is 19.2 Å². The highest BCUT2D eigenvalue weighted by atomic mass is 32.1. The SMILES string of the molecule is CO[C@H]1CCCC[C@@H]1Nc1nc(C)c(-c2nc3c(C4CC4)nccc3s2)c(N[C@@H]2C[C@H](CO)[C@@H](O)[C@H]2O)n1. The molecule has 0 aliphatic heterocycles. The number of hydrogen-bond acceptors (Lipinski definition) is 11. The second-order valence-corrected chi connectivity index (χ2v) is 11.9. The van der Waals surface area contributed by atoms with Gasteiger partial charge in [0.05, 0.1) is 45.9 Å². The number of fused-ring (bicyclic) bond motifs is 1. The predicted molar refractivity (Wildman–Crippen MR) is 146 cm³/mol. The number of nitrogens with zero attached hydrogens (tertiary/aromatic N) is 4. The van der Waals surface area contributed by atoms with Crippen molar-refractivity contribution in [3.8, 4) is 10.6 Å². The normalized spacial score (nSPS) is 29.6. The van der Waals surface area contributed by atoms with Crippen LogP contribution in [-0.2, 0) is 4.74 Å². The van der Waals surface area contributed by atoms with Gasteiger partial charge in [-0.25, -0.2) is 9.97 Å². The molecule has 6 atom stereocenters. The van der Waals surface area contributed by atoms with Crippen LogP contribution in [0.25, 0.3) is 20.8 Å². The minimum atomic E-state index is -1.02. The number of anilines is 2. The zero-order valence-electron chi connectivity index (χ0n) is 21.8. The summed E-state index contributed by atoms with van der Waals surface area (Å²) in [5.74, 6) is 1.13. The van der Waals surface area contributed by atoms with Crippen LogP contribution in [0.5, 0.6) is 0 Å². The fourth-order valence-electron chi connectivity index (χ4n) is 5.97. The van der Waals surface area contributed by atoms with Gasteiger partial charge in [0.25, 0.3) is 0 Å². The predicted octanol–water partition coefficient (Wildman–Crippen LogP) is 3.22. The zero-order valence-corrected chi connectivity index (χ0v) is 22.6. The van der Waals surface area contributed by atoms with Crippen molar-refractivity contribution in [2.75, 3.05) is 24.4 Å². The summed E-state index contributed by atoms with van der Waals surface area (Å²) in [5, 5.41) is 38.6. The van der Waals surface area contributed by atoms with Gasteiger partial charge in [-0.05, 0) is 45.1 Å². The van der Waals surface area contributed by atoms with Crippen LogP contribution in [-0.4, -0.2) is 79.4 Å². The highest BCUT2D eigenvalue weighted by molar-refractivity contribution is 7.21. The number of aliphatic hydroxyl groups excluding tert-OH is 3. The summed E-state index contributed by atoms with van der Waals surface area (Å²) in [6.45, 7) is 1.76. The highest BCUT2D eigenvalue weighted by Gasteiger charge is 2.42. The summed E-state index contributed by atoms with van der Waals surface area (Å²) in [7, 11) is 1.75. The van der Waals surface area contributed by atoms with Crippen LogP contribution in [0.15, 0.2) is 12.3 Å². The molecule has 3 fully saturated rings. The molecule has 3 aliphatic carbocycles. The van der Waals surface area contributed by atoms with Crippen molar-refractivity contribution in [2.24, 2.45) is 5.92 Å². The van der Waals surface area contributed by atoms with Crippen molar-refractivity contribution in [1.29, 1.82) is 0 Å². The first-order chi connectivity index (χ1) is 18.5. The van der Waals surface area contributed by atoms with Crippen molar-refractivity contribution in [2.45, 2.75) is 88.2 Å². The molecule has 0 saturated heterocycles. The van der Waals surface area contributed by atoms with E-state index in [4.69, 9.17) is 19.7 Å². The van der Waals surface area contributed by atoms with Crippen LogP contribution in [0.4, 0.5) is 11.8 Å². The molecule has 204 valence electrons.